The maximum absolute atomic E-state index is 15.1. The van der Waals surface area contributed by atoms with E-state index in [0.717, 1.165) is 24.1 Å². The third kappa shape index (κ3) is 1.72. The minimum Gasteiger partial charge on any atom is -0.254 e. The largest absolute Gasteiger partial charge is 0.254 e. The van der Waals surface area contributed by atoms with E-state index in [9.17, 15) is 0 Å². The monoisotopic (exact) mass is 315 g/mol. The Morgan fingerprint density at radius 2 is 1.29 bits per heavy atom. The van der Waals surface area contributed by atoms with Crippen molar-refractivity contribution < 1.29 is 4.39 Å². The van der Waals surface area contributed by atoms with Gasteiger partial charge in [0, 0.05) is 6.54 Å². The minimum absolute atomic E-state index is 0.567. The highest BCUT2D eigenvalue weighted by atomic mass is 19.1. The Bertz CT molecular complexity index is 857. The van der Waals surface area contributed by atoms with Gasteiger partial charge in [0.15, 0.2) is 6.30 Å². The number of fused-ring (bicyclic) bond motifs is 5. The highest BCUT2D eigenvalue weighted by molar-refractivity contribution is 5.82. The molecule has 2 atom stereocenters. The summed E-state index contributed by atoms with van der Waals surface area (Å²) in [5.41, 5.74) is 5.28. The molecular weight excluding hydrogens is 297 g/mol. The van der Waals surface area contributed by atoms with E-state index in [1.54, 1.807) is 0 Å². The summed E-state index contributed by atoms with van der Waals surface area (Å²) in [6.45, 7) is 0.730. The Balaban J connectivity index is 1.54. The number of hydrogen-bond acceptors (Lipinski definition) is 1. The number of alkyl halides is 1. The van der Waals surface area contributed by atoms with Crippen LogP contribution in [0.2, 0.25) is 0 Å². The number of halogens is 1. The van der Waals surface area contributed by atoms with Gasteiger partial charge in [0.05, 0.1) is 0 Å². The SMILES string of the molecule is FC1N(CCc2ccccc2)C12c1ccccc1-c1ccccc12. The molecule has 0 radical (unpaired) electrons. The highest BCUT2D eigenvalue weighted by Crippen LogP contribution is 2.63. The van der Waals surface area contributed by atoms with Gasteiger partial charge in [0.25, 0.3) is 0 Å². The predicted octanol–water partition coefficient (Wildman–Crippen LogP) is 4.76. The average molecular weight is 315 g/mol. The average Bonchev–Trinajstić information content (AvgIpc) is 3.12. The molecule has 2 aliphatic rings. The molecule has 1 nitrogen and oxygen atoms in total. The van der Waals surface area contributed by atoms with Crippen molar-refractivity contribution in [2.45, 2.75) is 18.3 Å². The van der Waals surface area contributed by atoms with Crippen LogP contribution in [0.25, 0.3) is 11.1 Å². The zero-order chi connectivity index (χ0) is 16.1. The summed E-state index contributed by atoms with van der Waals surface area (Å²) in [5.74, 6) is 0. The van der Waals surface area contributed by atoms with Gasteiger partial charge in [-0.25, -0.2) is 4.39 Å². The molecule has 1 heterocycles. The van der Waals surface area contributed by atoms with Crippen LogP contribution in [-0.2, 0) is 12.0 Å². The molecule has 3 aromatic carbocycles. The van der Waals surface area contributed by atoms with Crippen LogP contribution in [-0.4, -0.2) is 17.7 Å². The number of rotatable bonds is 3. The summed E-state index contributed by atoms with van der Waals surface area (Å²) in [7, 11) is 0. The lowest BCUT2D eigenvalue weighted by Gasteiger charge is -2.13. The van der Waals surface area contributed by atoms with E-state index in [1.807, 2.05) is 47.4 Å². The number of nitrogens with zero attached hydrogens (tertiary/aromatic N) is 1. The molecule has 1 aliphatic heterocycles. The fraction of sp³-hybridized carbons (Fsp3) is 0.182. The topological polar surface area (TPSA) is 3.01 Å². The molecule has 0 N–H and O–H groups in total. The van der Waals surface area contributed by atoms with Crippen molar-refractivity contribution in [1.29, 1.82) is 0 Å². The van der Waals surface area contributed by atoms with Gasteiger partial charge in [0.2, 0.25) is 0 Å². The van der Waals surface area contributed by atoms with Gasteiger partial charge < -0.3 is 0 Å². The van der Waals surface area contributed by atoms with Gasteiger partial charge >= 0.3 is 0 Å². The summed E-state index contributed by atoms with van der Waals surface area (Å²) in [4.78, 5) is 2.00. The Kier molecular flexibility index (Phi) is 2.92. The lowest BCUT2D eigenvalue weighted by atomic mass is 9.96. The second kappa shape index (κ2) is 5.02. The quantitative estimate of drug-likeness (QED) is 0.497. The zero-order valence-corrected chi connectivity index (χ0v) is 13.3. The minimum atomic E-state index is -0.939. The van der Waals surface area contributed by atoms with Gasteiger partial charge in [-0.3, -0.25) is 4.90 Å². The van der Waals surface area contributed by atoms with E-state index < -0.39 is 11.8 Å². The third-order valence-electron chi connectivity index (χ3n) is 5.45. The fourth-order valence-corrected chi connectivity index (χ4v) is 4.30. The third-order valence-corrected chi connectivity index (χ3v) is 5.45. The first-order chi connectivity index (χ1) is 11.8. The predicted molar refractivity (Wildman–Crippen MR) is 94.4 cm³/mol. The van der Waals surface area contributed by atoms with E-state index in [2.05, 4.69) is 36.4 Å². The molecule has 118 valence electrons. The van der Waals surface area contributed by atoms with Crippen LogP contribution in [0.3, 0.4) is 0 Å². The molecule has 2 heteroatoms. The van der Waals surface area contributed by atoms with Gasteiger partial charge in [0.1, 0.15) is 5.54 Å². The Morgan fingerprint density at radius 1 is 0.750 bits per heavy atom. The van der Waals surface area contributed by atoms with E-state index in [1.165, 1.54) is 16.7 Å². The van der Waals surface area contributed by atoms with Crippen LogP contribution >= 0.6 is 0 Å². The maximum Gasteiger partial charge on any atom is 0.181 e. The molecule has 1 spiro atoms. The van der Waals surface area contributed by atoms with Gasteiger partial charge in [-0.05, 0) is 34.2 Å². The Hall–Kier alpha value is -2.45. The van der Waals surface area contributed by atoms with Crippen LogP contribution in [0.4, 0.5) is 4.39 Å². The molecule has 5 rings (SSSR count). The molecule has 0 amide bonds. The summed E-state index contributed by atoms with van der Waals surface area (Å²) in [6, 6.07) is 26.9. The molecule has 1 saturated heterocycles. The molecule has 2 unspecified atom stereocenters. The van der Waals surface area contributed by atoms with Gasteiger partial charge in [-0.15, -0.1) is 0 Å². The highest BCUT2D eigenvalue weighted by Gasteiger charge is 2.69. The van der Waals surface area contributed by atoms with E-state index in [-0.39, 0.29) is 0 Å². The molecular formula is C22H18FN. The molecule has 1 aliphatic carbocycles. The van der Waals surface area contributed by atoms with Crippen molar-refractivity contribution in [2.24, 2.45) is 0 Å². The van der Waals surface area contributed by atoms with E-state index in [4.69, 9.17) is 0 Å². The van der Waals surface area contributed by atoms with E-state index in [0.29, 0.717) is 0 Å². The number of hydrogen-bond donors (Lipinski definition) is 0. The standard InChI is InChI=1S/C22H18FN/c23-21-22(24(21)15-14-16-8-2-1-3-9-16)19-12-6-4-10-17(19)18-11-5-7-13-20(18)22/h1-13,21H,14-15H2. The first-order valence-electron chi connectivity index (χ1n) is 8.47. The molecule has 1 fully saturated rings. The summed E-state index contributed by atoms with van der Waals surface area (Å²) in [5, 5.41) is 0. The Labute approximate surface area is 141 Å². The first-order valence-corrected chi connectivity index (χ1v) is 8.47. The van der Waals surface area contributed by atoms with E-state index >= 15 is 4.39 Å². The van der Waals surface area contributed by atoms with Crippen molar-refractivity contribution in [3.8, 4) is 11.1 Å². The zero-order valence-electron chi connectivity index (χ0n) is 13.3. The smallest absolute Gasteiger partial charge is 0.181 e. The lowest BCUT2D eigenvalue weighted by Crippen LogP contribution is -2.17. The second-order valence-corrected chi connectivity index (χ2v) is 6.62. The lowest BCUT2D eigenvalue weighted by molar-refractivity contribution is 0.350. The summed E-state index contributed by atoms with van der Waals surface area (Å²) >= 11 is 0. The molecule has 0 saturated carbocycles. The van der Waals surface area contributed by atoms with Crippen LogP contribution in [0, 0.1) is 0 Å². The number of benzene rings is 3. The molecule has 0 bridgehead atoms. The normalized spacial score (nSPS) is 22.2. The fourth-order valence-electron chi connectivity index (χ4n) is 4.30. The van der Waals surface area contributed by atoms with Crippen molar-refractivity contribution in [3.63, 3.8) is 0 Å². The first kappa shape index (κ1) is 13.9. The summed E-state index contributed by atoms with van der Waals surface area (Å²) in [6.07, 6.45) is -0.0705. The van der Waals surface area contributed by atoms with Crippen LogP contribution < -0.4 is 0 Å². The van der Waals surface area contributed by atoms with Gasteiger partial charge in [-0.1, -0.05) is 78.9 Å². The van der Waals surface area contributed by atoms with Crippen molar-refractivity contribution >= 4 is 0 Å². The van der Waals surface area contributed by atoms with Crippen molar-refractivity contribution in [3.05, 3.63) is 95.6 Å². The van der Waals surface area contributed by atoms with Crippen LogP contribution in [0.5, 0.6) is 0 Å². The van der Waals surface area contributed by atoms with Crippen LogP contribution in [0.1, 0.15) is 16.7 Å². The van der Waals surface area contributed by atoms with Crippen molar-refractivity contribution in [1.82, 2.24) is 4.90 Å². The second-order valence-electron chi connectivity index (χ2n) is 6.62. The summed E-state index contributed by atoms with van der Waals surface area (Å²) < 4.78 is 15.1. The van der Waals surface area contributed by atoms with Crippen molar-refractivity contribution in [2.75, 3.05) is 6.54 Å². The van der Waals surface area contributed by atoms with Crippen LogP contribution in [0.15, 0.2) is 78.9 Å². The molecule has 0 aromatic heterocycles. The Morgan fingerprint density at radius 3 is 1.92 bits per heavy atom. The molecule has 24 heavy (non-hydrogen) atoms. The van der Waals surface area contributed by atoms with Gasteiger partial charge in [-0.2, -0.15) is 0 Å². The molecule has 3 aromatic rings. The maximum atomic E-state index is 15.1.